The summed E-state index contributed by atoms with van der Waals surface area (Å²) < 4.78 is 0. The van der Waals surface area contributed by atoms with Gasteiger partial charge in [-0.3, -0.25) is 5.32 Å². The molecule has 1 saturated heterocycles. The van der Waals surface area contributed by atoms with Gasteiger partial charge < -0.3 is 4.90 Å². The van der Waals surface area contributed by atoms with Crippen LogP contribution in [0.5, 0.6) is 0 Å². The van der Waals surface area contributed by atoms with E-state index in [4.69, 9.17) is 0 Å². The average molecular weight is 247 g/mol. The summed E-state index contributed by atoms with van der Waals surface area (Å²) in [5, 5.41) is 2.87. The summed E-state index contributed by atoms with van der Waals surface area (Å²) >= 11 is 0. The molecule has 1 aromatic heterocycles. The Bertz CT molecular complexity index is 423. The highest BCUT2D eigenvalue weighted by Crippen LogP contribution is 2.21. The van der Waals surface area contributed by atoms with Crippen molar-refractivity contribution in [2.24, 2.45) is 11.8 Å². The van der Waals surface area contributed by atoms with Crippen molar-refractivity contribution < 1.29 is 4.79 Å². The maximum Gasteiger partial charge on any atom is 0.323 e. The first kappa shape index (κ1) is 12.9. The summed E-state index contributed by atoms with van der Waals surface area (Å²) in [7, 11) is 0. The van der Waals surface area contributed by atoms with E-state index in [1.54, 1.807) is 6.20 Å². The first-order chi connectivity index (χ1) is 8.54. The molecule has 0 aliphatic carbocycles. The molecule has 1 aliphatic heterocycles. The highest BCUT2D eigenvalue weighted by atomic mass is 16.2. The molecule has 0 saturated carbocycles. The summed E-state index contributed by atoms with van der Waals surface area (Å²) in [6.07, 6.45) is 2.92. The zero-order valence-corrected chi connectivity index (χ0v) is 11.3. The van der Waals surface area contributed by atoms with Crippen LogP contribution in [0, 0.1) is 18.8 Å². The van der Waals surface area contributed by atoms with Gasteiger partial charge in [0.05, 0.1) is 0 Å². The van der Waals surface area contributed by atoms with Gasteiger partial charge in [0.1, 0.15) is 5.82 Å². The fourth-order valence-electron chi connectivity index (χ4n) is 2.62. The summed E-state index contributed by atoms with van der Waals surface area (Å²) in [4.78, 5) is 18.2. The van der Waals surface area contributed by atoms with E-state index in [0.29, 0.717) is 17.7 Å². The van der Waals surface area contributed by atoms with Crippen LogP contribution in [0.3, 0.4) is 0 Å². The monoisotopic (exact) mass is 247 g/mol. The van der Waals surface area contributed by atoms with E-state index in [9.17, 15) is 4.79 Å². The first-order valence-electron chi connectivity index (χ1n) is 6.53. The van der Waals surface area contributed by atoms with Crippen LogP contribution in [0.2, 0.25) is 0 Å². The Morgan fingerprint density at radius 3 is 2.67 bits per heavy atom. The van der Waals surface area contributed by atoms with Crippen molar-refractivity contribution in [3.05, 3.63) is 23.9 Å². The number of nitrogens with zero attached hydrogens (tertiary/aromatic N) is 2. The van der Waals surface area contributed by atoms with E-state index in [-0.39, 0.29) is 6.03 Å². The number of aryl methyl sites for hydroxylation is 1. The second kappa shape index (κ2) is 5.38. The lowest BCUT2D eigenvalue weighted by Crippen LogP contribution is -2.44. The van der Waals surface area contributed by atoms with Gasteiger partial charge in [-0.05, 0) is 42.9 Å². The van der Waals surface area contributed by atoms with Crippen molar-refractivity contribution in [3.8, 4) is 0 Å². The number of urea groups is 1. The van der Waals surface area contributed by atoms with E-state index < -0.39 is 0 Å². The lowest BCUT2D eigenvalue weighted by atomic mass is 9.92. The quantitative estimate of drug-likeness (QED) is 0.829. The molecule has 0 radical (unpaired) electrons. The van der Waals surface area contributed by atoms with Crippen molar-refractivity contribution >= 4 is 11.8 Å². The molecule has 2 atom stereocenters. The number of hydrogen-bond donors (Lipinski definition) is 1. The van der Waals surface area contributed by atoms with Gasteiger partial charge in [-0.1, -0.05) is 13.8 Å². The maximum absolute atomic E-state index is 12.1. The highest BCUT2D eigenvalue weighted by molar-refractivity contribution is 5.88. The molecule has 4 heteroatoms. The number of nitrogens with one attached hydrogen (secondary N) is 1. The smallest absolute Gasteiger partial charge is 0.323 e. The largest absolute Gasteiger partial charge is 0.324 e. The van der Waals surface area contributed by atoms with Crippen molar-refractivity contribution in [1.82, 2.24) is 9.88 Å². The van der Waals surface area contributed by atoms with Gasteiger partial charge in [0, 0.05) is 19.3 Å². The van der Waals surface area contributed by atoms with Crippen LogP contribution in [0.25, 0.3) is 0 Å². The lowest BCUT2D eigenvalue weighted by Gasteiger charge is -2.34. The van der Waals surface area contributed by atoms with Crippen molar-refractivity contribution in [2.75, 3.05) is 18.4 Å². The van der Waals surface area contributed by atoms with Gasteiger partial charge in [0.2, 0.25) is 0 Å². The third-order valence-corrected chi connectivity index (χ3v) is 3.31. The van der Waals surface area contributed by atoms with Gasteiger partial charge >= 0.3 is 6.03 Å². The molecule has 2 heterocycles. The zero-order chi connectivity index (χ0) is 13.1. The van der Waals surface area contributed by atoms with Crippen LogP contribution >= 0.6 is 0 Å². The number of carbonyl (C=O) groups is 1. The Hall–Kier alpha value is -1.58. The Balaban J connectivity index is 1.99. The van der Waals surface area contributed by atoms with Crippen molar-refractivity contribution in [3.63, 3.8) is 0 Å². The molecule has 1 N–H and O–H groups in total. The molecule has 0 aromatic carbocycles. The molecule has 0 bridgehead atoms. The predicted octanol–water partition coefficient (Wildman–Crippen LogP) is 2.90. The molecular formula is C14H21N3O. The van der Waals surface area contributed by atoms with E-state index in [1.807, 2.05) is 24.0 Å². The average Bonchev–Trinajstić information content (AvgIpc) is 2.27. The third kappa shape index (κ3) is 3.22. The maximum atomic E-state index is 12.1. The van der Waals surface area contributed by atoms with Gasteiger partial charge in [-0.2, -0.15) is 0 Å². The van der Waals surface area contributed by atoms with Crippen LogP contribution in [0.15, 0.2) is 18.3 Å². The van der Waals surface area contributed by atoms with Gasteiger partial charge in [0.15, 0.2) is 0 Å². The Morgan fingerprint density at radius 1 is 1.39 bits per heavy atom. The predicted molar refractivity (Wildman–Crippen MR) is 72.5 cm³/mol. The number of amides is 2. The number of aromatic nitrogens is 1. The highest BCUT2D eigenvalue weighted by Gasteiger charge is 2.25. The fourth-order valence-corrected chi connectivity index (χ4v) is 2.62. The van der Waals surface area contributed by atoms with E-state index in [2.05, 4.69) is 24.1 Å². The van der Waals surface area contributed by atoms with Crippen LogP contribution < -0.4 is 5.32 Å². The molecule has 4 nitrogen and oxygen atoms in total. The molecule has 1 aromatic rings. The molecule has 2 unspecified atom stereocenters. The zero-order valence-electron chi connectivity index (χ0n) is 11.3. The topological polar surface area (TPSA) is 45.2 Å². The molecule has 1 aliphatic rings. The molecule has 1 fully saturated rings. The Labute approximate surface area is 108 Å². The van der Waals surface area contributed by atoms with Crippen LogP contribution in [0.1, 0.15) is 25.8 Å². The van der Waals surface area contributed by atoms with E-state index in [0.717, 1.165) is 18.7 Å². The van der Waals surface area contributed by atoms with Crippen LogP contribution in [-0.2, 0) is 0 Å². The second-order valence-corrected chi connectivity index (χ2v) is 5.50. The number of likely N-dealkylation sites (tertiary alicyclic amines) is 1. The summed E-state index contributed by atoms with van der Waals surface area (Å²) in [5.41, 5.74) is 1.10. The number of carbonyl (C=O) groups excluding carboxylic acids is 1. The second-order valence-electron chi connectivity index (χ2n) is 5.50. The van der Waals surface area contributed by atoms with Crippen LogP contribution in [0.4, 0.5) is 10.6 Å². The van der Waals surface area contributed by atoms with Gasteiger partial charge in [-0.25, -0.2) is 9.78 Å². The van der Waals surface area contributed by atoms with Gasteiger partial charge in [0.25, 0.3) is 0 Å². The Kier molecular flexibility index (Phi) is 3.84. The SMILES string of the molecule is Cc1ccnc(NC(=O)N2CC(C)CC(C)C2)c1. The molecule has 0 spiro atoms. The third-order valence-electron chi connectivity index (χ3n) is 3.31. The summed E-state index contributed by atoms with van der Waals surface area (Å²) in [5.74, 6) is 1.78. The summed E-state index contributed by atoms with van der Waals surface area (Å²) in [6, 6.07) is 3.77. The van der Waals surface area contributed by atoms with Crippen molar-refractivity contribution in [1.29, 1.82) is 0 Å². The number of hydrogen-bond acceptors (Lipinski definition) is 2. The van der Waals surface area contributed by atoms with E-state index in [1.165, 1.54) is 6.42 Å². The lowest BCUT2D eigenvalue weighted by molar-refractivity contribution is 0.156. The van der Waals surface area contributed by atoms with E-state index >= 15 is 0 Å². The minimum atomic E-state index is -0.0356. The summed E-state index contributed by atoms with van der Waals surface area (Å²) in [6.45, 7) is 8.05. The molecule has 2 amide bonds. The molecule has 2 rings (SSSR count). The standard InChI is InChI=1S/C14H21N3O/c1-10-4-5-15-13(7-10)16-14(18)17-8-11(2)6-12(3)9-17/h4-5,7,11-12H,6,8-9H2,1-3H3,(H,15,16,18). The molecule has 18 heavy (non-hydrogen) atoms. The number of pyridine rings is 1. The number of rotatable bonds is 1. The normalized spacial score (nSPS) is 23.8. The minimum Gasteiger partial charge on any atom is -0.324 e. The molecular weight excluding hydrogens is 226 g/mol. The number of piperidine rings is 1. The van der Waals surface area contributed by atoms with Gasteiger partial charge in [-0.15, -0.1) is 0 Å². The number of anilines is 1. The minimum absolute atomic E-state index is 0.0356. The Morgan fingerprint density at radius 2 is 2.06 bits per heavy atom. The van der Waals surface area contributed by atoms with Crippen LogP contribution in [-0.4, -0.2) is 29.0 Å². The van der Waals surface area contributed by atoms with Crippen molar-refractivity contribution in [2.45, 2.75) is 27.2 Å². The first-order valence-corrected chi connectivity index (χ1v) is 6.53. The fraction of sp³-hybridized carbons (Fsp3) is 0.571. The molecule has 98 valence electrons.